The molecule has 92 valence electrons. The molecule has 0 aliphatic carbocycles. The van der Waals surface area contributed by atoms with Crippen molar-refractivity contribution in [3.8, 4) is 0 Å². The van der Waals surface area contributed by atoms with Gasteiger partial charge in [0.2, 0.25) is 0 Å². The lowest BCUT2D eigenvalue weighted by molar-refractivity contribution is 0.138. The van der Waals surface area contributed by atoms with Crippen LogP contribution in [0.5, 0.6) is 0 Å². The summed E-state index contributed by atoms with van der Waals surface area (Å²) in [5.74, 6) is 0. The summed E-state index contributed by atoms with van der Waals surface area (Å²) in [5, 5.41) is 1.07. The van der Waals surface area contributed by atoms with E-state index in [1.165, 1.54) is 0 Å². The molecule has 1 aliphatic rings. The first-order valence-corrected chi connectivity index (χ1v) is 6.27. The van der Waals surface area contributed by atoms with Crippen LogP contribution < -0.4 is 0 Å². The van der Waals surface area contributed by atoms with Gasteiger partial charge in [0.25, 0.3) is 0 Å². The van der Waals surface area contributed by atoms with Gasteiger partial charge in [-0.05, 0) is 24.1 Å². The molecular formula is C12H14Cl2N2O. The van der Waals surface area contributed by atoms with Gasteiger partial charge in [-0.25, -0.2) is 4.79 Å². The third-order valence-corrected chi connectivity index (χ3v) is 3.62. The Bertz CT molecular complexity index is 437. The highest BCUT2D eigenvalue weighted by Gasteiger charge is 2.22. The van der Waals surface area contributed by atoms with Crippen LogP contribution in [0.15, 0.2) is 18.2 Å². The Hall–Kier alpha value is -0.930. The molecule has 0 spiro atoms. The Labute approximate surface area is 111 Å². The predicted molar refractivity (Wildman–Crippen MR) is 69.5 cm³/mol. The molecule has 1 heterocycles. The minimum atomic E-state index is 0.0716. The van der Waals surface area contributed by atoms with Crippen molar-refractivity contribution in [1.82, 2.24) is 9.80 Å². The number of carbonyl (C=O) groups excluding carboxylic acids is 1. The fraction of sp³-hybridized carbons (Fsp3) is 0.417. The molecule has 5 heteroatoms. The molecule has 3 nitrogen and oxygen atoms in total. The van der Waals surface area contributed by atoms with Crippen molar-refractivity contribution in [2.75, 3.05) is 20.1 Å². The minimum Gasteiger partial charge on any atom is -0.328 e. The molecule has 1 saturated heterocycles. The molecule has 0 N–H and O–H groups in total. The lowest BCUT2D eigenvalue weighted by Gasteiger charge is -2.33. The maximum absolute atomic E-state index is 11.9. The largest absolute Gasteiger partial charge is 0.328 e. The quantitative estimate of drug-likeness (QED) is 0.811. The fourth-order valence-corrected chi connectivity index (χ4v) is 2.26. The standard InChI is InChI=1S/C12H14Cl2N2O/c1-15-5-2-6-16(12(15)17)8-9-3-4-10(13)11(14)7-9/h3-4,7H,2,5-6,8H2,1H3. The van der Waals surface area contributed by atoms with Crippen LogP contribution in [0.25, 0.3) is 0 Å². The third kappa shape index (κ3) is 2.85. The number of amides is 2. The van der Waals surface area contributed by atoms with E-state index in [-0.39, 0.29) is 6.03 Å². The van der Waals surface area contributed by atoms with E-state index in [1.807, 2.05) is 24.1 Å². The number of nitrogens with zero attached hydrogens (tertiary/aromatic N) is 2. The summed E-state index contributed by atoms with van der Waals surface area (Å²) in [5.41, 5.74) is 1.00. The first-order valence-electron chi connectivity index (χ1n) is 5.52. The number of rotatable bonds is 2. The number of benzene rings is 1. The van der Waals surface area contributed by atoms with Crippen LogP contribution in [-0.4, -0.2) is 36.0 Å². The van der Waals surface area contributed by atoms with Crippen LogP contribution in [0.2, 0.25) is 10.0 Å². The van der Waals surface area contributed by atoms with Gasteiger partial charge in [0.1, 0.15) is 0 Å². The summed E-state index contributed by atoms with van der Waals surface area (Å²) in [6.45, 7) is 2.21. The smallest absolute Gasteiger partial charge is 0.320 e. The molecular weight excluding hydrogens is 259 g/mol. The fourth-order valence-electron chi connectivity index (χ4n) is 1.94. The summed E-state index contributed by atoms with van der Waals surface area (Å²) in [6, 6.07) is 5.54. The van der Waals surface area contributed by atoms with E-state index >= 15 is 0 Å². The van der Waals surface area contributed by atoms with Crippen LogP contribution in [0, 0.1) is 0 Å². The van der Waals surface area contributed by atoms with Gasteiger partial charge in [-0.15, -0.1) is 0 Å². The van der Waals surface area contributed by atoms with E-state index in [4.69, 9.17) is 23.2 Å². The second-order valence-electron chi connectivity index (χ2n) is 4.23. The monoisotopic (exact) mass is 272 g/mol. The zero-order chi connectivity index (χ0) is 12.4. The second kappa shape index (κ2) is 5.15. The van der Waals surface area contributed by atoms with Gasteiger partial charge in [0.05, 0.1) is 10.0 Å². The molecule has 1 aliphatic heterocycles. The number of urea groups is 1. The molecule has 1 fully saturated rings. The average Bonchev–Trinajstić information content (AvgIpc) is 2.30. The lowest BCUT2D eigenvalue weighted by Crippen LogP contribution is -2.46. The van der Waals surface area contributed by atoms with Crippen LogP contribution in [0.3, 0.4) is 0 Å². The molecule has 0 saturated carbocycles. The maximum Gasteiger partial charge on any atom is 0.320 e. The summed E-state index contributed by atoms with van der Waals surface area (Å²) < 4.78 is 0. The van der Waals surface area contributed by atoms with Gasteiger partial charge in [-0.1, -0.05) is 29.3 Å². The topological polar surface area (TPSA) is 23.6 Å². The molecule has 0 atom stereocenters. The van der Waals surface area contributed by atoms with Crippen LogP contribution in [0.4, 0.5) is 4.79 Å². The van der Waals surface area contributed by atoms with Gasteiger partial charge in [-0.3, -0.25) is 0 Å². The number of halogens is 2. The van der Waals surface area contributed by atoms with Crippen LogP contribution >= 0.6 is 23.2 Å². The van der Waals surface area contributed by atoms with Crippen molar-refractivity contribution in [2.45, 2.75) is 13.0 Å². The molecule has 0 aromatic heterocycles. The van der Waals surface area contributed by atoms with Crippen molar-refractivity contribution in [2.24, 2.45) is 0 Å². The Morgan fingerprint density at radius 3 is 2.71 bits per heavy atom. The van der Waals surface area contributed by atoms with E-state index in [9.17, 15) is 4.79 Å². The lowest BCUT2D eigenvalue weighted by atomic mass is 10.2. The molecule has 2 amide bonds. The van der Waals surface area contributed by atoms with Gasteiger partial charge >= 0.3 is 6.03 Å². The highest BCUT2D eigenvalue weighted by Crippen LogP contribution is 2.23. The zero-order valence-electron chi connectivity index (χ0n) is 9.62. The number of carbonyl (C=O) groups is 1. The Morgan fingerprint density at radius 2 is 2.00 bits per heavy atom. The summed E-state index contributed by atoms with van der Waals surface area (Å²) in [6.07, 6.45) is 1.00. The Kier molecular flexibility index (Phi) is 3.79. The van der Waals surface area contributed by atoms with Crippen molar-refractivity contribution >= 4 is 29.2 Å². The molecule has 0 unspecified atom stereocenters. The van der Waals surface area contributed by atoms with Crippen molar-refractivity contribution in [3.05, 3.63) is 33.8 Å². The Morgan fingerprint density at radius 1 is 1.24 bits per heavy atom. The van der Waals surface area contributed by atoms with Crippen molar-refractivity contribution in [3.63, 3.8) is 0 Å². The van der Waals surface area contributed by atoms with E-state index < -0.39 is 0 Å². The SMILES string of the molecule is CN1CCCN(Cc2ccc(Cl)c(Cl)c2)C1=O. The maximum atomic E-state index is 11.9. The molecule has 0 radical (unpaired) electrons. The van der Waals surface area contributed by atoms with Crippen LogP contribution in [-0.2, 0) is 6.54 Å². The Balaban J connectivity index is 2.09. The highest BCUT2D eigenvalue weighted by molar-refractivity contribution is 6.42. The normalized spacial score (nSPS) is 16.5. The van der Waals surface area contributed by atoms with Crippen LogP contribution in [0.1, 0.15) is 12.0 Å². The van der Waals surface area contributed by atoms with Crippen molar-refractivity contribution < 1.29 is 4.79 Å². The molecule has 2 rings (SSSR count). The van der Waals surface area contributed by atoms with E-state index in [0.29, 0.717) is 16.6 Å². The van der Waals surface area contributed by atoms with E-state index in [0.717, 1.165) is 25.1 Å². The van der Waals surface area contributed by atoms with E-state index in [2.05, 4.69) is 0 Å². The first-order chi connectivity index (χ1) is 8.08. The molecule has 1 aromatic carbocycles. The summed E-state index contributed by atoms with van der Waals surface area (Å²) >= 11 is 11.8. The van der Waals surface area contributed by atoms with Gasteiger partial charge in [0, 0.05) is 26.7 Å². The number of hydrogen-bond acceptors (Lipinski definition) is 1. The number of hydrogen-bond donors (Lipinski definition) is 0. The highest BCUT2D eigenvalue weighted by atomic mass is 35.5. The summed E-state index contributed by atoms with van der Waals surface area (Å²) in [4.78, 5) is 15.4. The summed E-state index contributed by atoms with van der Waals surface area (Å²) in [7, 11) is 1.82. The van der Waals surface area contributed by atoms with E-state index in [1.54, 1.807) is 11.0 Å². The van der Waals surface area contributed by atoms with Gasteiger partial charge in [-0.2, -0.15) is 0 Å². The van der Waals surface area contributed by atoms with Gasteiger partial charge in [0.15, 0.2) is 0 Å². The van der Waals surface area contributed by atoms with Crippen molar-refractivity contribution in [1.29, 1.82) is 0 Å². The third-order valence-electron chi connectivity index (χ3n) is 2.88. The molecule has 1 aromatic rings. The molecule has 17 heavy (non-hydrogen) atoms. The second-order valence-corrected chi connectivity index (χ2v) is 5.04. The molecule has 0 bridgehead atoms. The van der Waals surface area contributed by atoms with Gasteiger partial charge < -0.3 is 9.80 Å². The first kappa shape index (κ1) is 12.5. The average molecular weight is 273 g/mol. The predicted octanol–water partition coefficient (Wildman–Crippen LogP) is 3.25. The minimum absolute atomic E-state index is 0.0716. The zero-order valence-corrected chi connectivity index (χ0v) is 11.1.